The lowest BCUT2D eigenvalue weighted by Gasteiger charge is -2.37. The summed E-state index contributed by atoms with van der Waals surface area (Å²) in [4.78, 5) is 0. The van der Waals surface area contributed by atoms with E-state index in [4.69, 9.17) is 4.43 Å². The molecule has 0 bridgehead atoms. The van der Waals surface area contributed by atoms with E-state index in [1.165, 1.54) is 0 Å². The third kappa shape index (κ3) is 2.68. The second kappa shape index (κ2) is 2.96. The summed E-state index contributed by atoms with van der Waals surface area (Å²) >= 11 is 0. The highest BCUT2D eigenvalue weighted by molar-refractivity contribution is 6.74. The summed E-state index contributed by atoms with van der Waals surface area (Å²) in [6.45, 7) is 14.5. The van der Waals surface area contributed by atoms with Crippen LogP contribution in [0.15, 0.2) is 12.2 Å². The maximum absolute atomic E-state index is 6.10. The van der Waals surface area contributed by atoms with E-state index in [-0.39, 0.29) is 5.41 Å². The van der Waals surface area contributed by atoms with Gasteiger partial charge in [0.1, 0.15) is 0 Å². The molecule has 0 heterocycles. The molecule has 0 radical (unpaired) electrons. The molecule has 0 amide bonds. The van der Waals surface area contributed by atoms with E-state index < -0.39 is 8.32 Å². The van der Waals surface area contributed by atoms with E-state index in [9.17, 15) is 0 Å². The van der Waals surface area contributed by atoms with Gasteiger partial charge in [0.05, 0.1) is 0 Å². The van der Waals surface area contributed by atoms with Crippen LogP contribution in [0.5, 0.6) is 0 Å². The fraction of sp³-hybridized carbons (Fsp3) is 0.818. The van der Waals surface area contributed by atoms with E-state index in [2.05, 4.69) is 52.9 Å². The van der Waals surface area contributed by atoms with Crippen LogP contribution in [0.2, 0.25) is 18.1 Å². The van der Waals surface area contributed by atoms with Gasteiger partial charge in [0.2, 0.25) is 0 Å². The first-order chi connectivity index (χ1) is 5.66. The Kier molecular flexibility index (Phi) is 2.50. The van der Waals surface area contributed by atoms with Gasteiger partial charge in [0.15, 0.2) is 8.32 Å². The molecule has 0 N–H and O–H groups in total. The van der Waals surface area contributed by atoms with Crippen molar-refractivity contribution >= 4 is 8.32 Å². The fourth-order valence-corrected chi connectivity index (χ4v) is 1.90. The fourth-order valence-electron chi connectivity index (χ4n) is 0.791. The van der Waals surface area contributed by atoms with Gasteiger partial charge in [-0.25, -0.2) is 0 Å². The summed E-state index contributed by atoms with van der Waals surface area (Å²) in [5, 5.41) is 0.332. The molecule has 0 unspecified atom stereocenters. The quantitative estimate of drug-likeness (QED) is 0.497. The first-order valence-electron chi connectivity index (χ1n) is 5.01. The average Bonchev–Trinajstić information content (AvgIpc) is 2.63. The van der Waals surface area contributed by atoms with Crippen molar-refractivity contribution < 1.29 is 4.43 Å². The van der Waals surface area contributed by atoms with Gasteiger partial charge in [0.25, 0.3) is 0 Å². The van der Waals surface area contributed by atoms with Crippen LogP contribution >= 0.6 is 0 Å². The van der Waals surface area contributed by atoms with E-state index in [0.717, 1.165) is 6.61 Å². The minimum atomic E-state index is -1.51. The van der Waals surface area contributed by atoms with Gasteiger partial charge < -0.3 is 4.43 Å². The van der Waals surface area contributed by atoms with Crippen LogP contribution in [0.1, 0.15) is 27.7 Å². The highest BCUT2D eigenvalue weighted by atomic mass is 28.4. The van der Waals surface area contributed by atoms with Crippen LogP contribution in [0.25, 0.3) is 0 Å². The van der Waals surface area contributed by atoms with E-state index in [1.807, 2.05) is 0 Å². The molecule has 76 valence electrons. The topological polar surface area (TPSA) is 9.23 Å². The highest BCUT2D eigenvalue weighted by Crippen LogP contribution is 2.40. The standard InChI is InChI=1S/C11H22OSi/c1-10(2,3)13(5,6)12-9-11(4)7-8-11/h7-8H,9H2,1-6H3. The Labute approximate surface area is 83.3 Å². The number of hydrogen-bond acceptors (Lipinski definition) is 1. The van der Waals surface area contributed by atoms with Crippen LogP contribution in [-0.4, -0.2) is 14.9 Å². The van der Waals surface area contributed by atoms with E-state index in [0.29, 0.717) is 5.04 Å². The van der Waals surface area contributed by atoms with Gasteiger partial charge in [-0.2, -0.15) is 0 Å². The monoisotopic (exact) mass is 198 g/mol. The predicted octanol–water partition coefficient (Wildman–Crippen LogP) is 3.58. The number of hydrogen-bond donors (Lipinski definition) is 0. The van der Waals surface area contributed by atoms with Crippen molar-refractivity contribution in [3.05, 3.63) is 12.2 Å². The van der Waals surface area contributed by atoms with Crippen molar-refractivity contribution in [1.29, 1.82) is 0 Å². The lowest BCUT2D eigenvalue weighted by molar-refractivity contribution is 0.240. The minimum absolute atomic E-state index is 0.287. The van der Waals surface area contributed by atoms with Crippen molar-refractivity contribution in [3.63, 3.8) is 0 Å². The van der Waals surface area contributed by atoms with Gasteiger partial charge in [-0.3, -0.25) is 0 Å². The molecule has 0 aliphatic heterocycles. The summed E-state index contributed by atoms with van der Waals surface area (Å²) < 4.78 is 6.10. The van der Waals surface area contributed by atoms with Crippen LogP contribution in [0, 0.1) is 5.41 Å². The van der Waals surface area contributed by atoms with Crippen LogP contribution in [0.4, 0.5) is 0 Å². The van der Waals surface area contributed by atoms with Crippen molar-refractivity contribution in [3.8, 4) is 0 Å². The summed E-state index contributed by atoms with van der Waals surface area (Å²) in [7, 11) is -1.51. The SMILES string of the molecule is CC1(CO[Si](C)(C)C(C)(C)C)C=C1. The van der Waals surface area contributed by atoms with Crippen LogP contribution in [0.3, 0.4) is 0 Å². The van der Waals surface area contributed by atoms with Crippen LogP contribution in [-0.2, 0) is 4.43 Å². The Hall–Kier alpha value is -0.0831. The summed E-state index contributed by atoms with van der Waals surface area (Å²) in [6.07, 6.45) is 4.44. The molecule has 0 saturated carbocycles. The lowest BCUT2D eigenvalue weighted by atomic mass is 10.1. The van der Waals surface area contributed by atoms with Gasteiger partial charge >= 0.3 is 0 Å². The first-order valence-corrected chi connectivity index (χ1v) is 7.92. The molecule has 1 aliphatic carbocycles. The maximum atomic E-state index is 6.10. The molecule has 1 nitrogen and oxygen atoms in total. The molecule has 0 aromatic heterocycles. The van der Waals surface area contributed by atoms with Crippen molar-refractivity contribution in [2.75, 3.05) is 6.61 Å². The van der Waals surface area contributed by atoms with E-state index in [1.54, 1.807) is 0 Å². The van der Waals surface area contributed by atoms with Gasteiger partial charge in [-0.1, -0.05) is 39.8 Å². The Balaban J connectivity index is 2.43. The highest BCUT2D eigenvalue weighted by Gasteiger charge is 2.39. The summed E-state index contributed by atoms with van der Waals surface area (Å²) in [5.74, 6) is 0. The summed E-state index contributed by atoms with van der Waals surface area (Å²) in [6, 6.07) is 0. The van der Waals surface area contributed by atoms with E-state index >= 15 is 0 Å². The maximum Gasteiger partial charge on any atom is 0.192 e. The second-order valence-electron chi connectivity index (χ2n) is 5.89. The third-order valence-electron chi connectivity index (χ3n) is 3.29. The largest absolute Gasteiger partial charge is 0.416 e. The second-order valence-corrected chi connectivity index (χ2v) is 10.7. The molecule has 0 fully saturated rings. The third-order valence-corrected chi connectivity index (χ3v) is 7.76. The zero-order chi connectivity index (χ0) is 10.3. The molecule has 0 aromatic rings. The molecule has 1 aliphatic rings. The van der Waals surface area contributed by atoms with Crippen molar-refractivity contribution in [1.82, 2.24) is 0 Å². The molecule has 13 heavy (non-hydrogen) atoms. The Bertz CT molecular complexity index is 217. The normalized spacial score (nSPS) is 20.5. The summed E-state index contributed by atoms with van der Waals surface area (Å²) in [5.41, 5.74) is 0.287. The number of rotatable bonds is 3. The van der Waals surface area contributed by atoms with Gasteiger partial charge in [0, 0.05) is 12.0 Å². The van der Waals surface area contributed by atoms with Crippen molar-refractivity contribution in [2.24, 2.45) is 5.41 Å². The molecule has 0 aromatic carbocycles. The molecule has 2 heteroatoms. The smallest absolute Gasteiger partial charge is 0.192 e. The predicted molar refractivity (Wildman–Crippen MR) is 60.4 cm³/mol. The Morgan fingerprint density at radius 1 is 1.23 bits per heavy atom. The Morgan fingerprint density at radius 3 is 2.00 bits per heavy atom. The first kappa shape index (κ1) is 11.0. The lowest BCUT2D eigenvalue weighted by Crippen LogP contribution is -2.42. The van der Waals surface area contributed by atoms with Gasteiger partial charge in [-0.15, -0.1) is 0 Å². The van der Waals surface area contributed by atoms with Crippen molar-refractivity contribution in [2.45, 2.75) is 45.8 Å². The molecule has 0 atom stereocenters. The van der Waals surface area contributed by atoms with Crippen LogP contribution < -0.4 is 0 Å². The van der Waals surface area contributed by atoms with Gasteiger partial charge in [-0.05, 0) is 18.1 Å². The molecular weight excluding hydrogens is 176 g/mol. The zero-order valence-corrected chi connectivity index (χ0v) is 10.8. The minimum Gasteiger partial charge on any atom is -0.416 e. The molecule has 1 rings (SSSR count). The molecular formula is C11H22OSi. The Morgan fingerprint density at radius 2 is 1.69 bits per heavy atom. The molecule has 0 spiro atoms. The average molecular weight is 198 g/mol. The zero-order valence-electron chi connectivity index (χ0n) is 9.77. The molecule has 0 saturated heterocycles.